The van der Waals surface area contributed by atoms with E-state index in [0.717, 1.165) is 12.0 Å². The zero-order valence-corrected chi connectivity index (χ0v) is 8.21. The molecule has 0 unspecified atom stereocenters. The molecule has 0 aromatic heterocycles. The molecular formula is C9H7Cl2NO. The van der Waals surface area contributed by atoms with Crippen molar-refractivity contribution in [3.8, 4) is 5.75 Å². The average molecular weight is 216 g/mol. The first-order valence-corrected chi connectivity index (χ1v) is 4.64. The molecule has 0 saturated heterocycles. The third kappa shape index (κ3) is 1.21. The molecule has 1 aliphatic carbocycles. The van der Waals surface area contributed by atoms with Crippen molar-refractivity contribution >= 4 is 28.9 Å². The number of nitrogens with one attached hydrogen (secondary N) is 1. The molecule has 68 valence electrons. The van der Waals surface area contributed by atoms with E-state index in [4.69, 9.17) is 28.6 Å². The smallest absolute Gasteiger partial charge is 0.143 e. The molecule has 1 aromatic carbocycles. The van der Waals surface area contributed by atoms with Crippen LogP contribution in [0.2, 0.25) is 10.0 Å². The number of phenols is 1. The molecule has 1 aromatic rings. The van der Waals surface area contributed by atoms with E-state index in [2.05, 4.69) is 0 Å². The minimum atomic E-state index is -0.0106. The van der Waals surface area contributed by atoms with Gasteiger partial charge in [0.05, 0.1) is 5.02 Å². The summed E-state index contributed by atoms with van der Waals surface area (Å²) < 4.78 is 0. The summed E-state index contributed by atoms with van der Waals surface area (Å²) in [5.74, 6) is -0.0106. The van der Waals surface area contributed by atoms with Gasteiger partial charge in [-0.05, 0) is 24.5 Å². The van der Waals surface area contributed by atoms with Crippen molar-refractivity contribution in [2.45, 2.75) is 12.8 Å². The first-order valence-electron chi connectivity index (χ1n) is 3.89. The Bertz CT molecular complexity index is 401. The molecule has 0 fully saturated rings. The van der Waals surface area contributed by atoms with Crippen molar-refractivity contribution in [2.75, 3.05) is 0 Å². The quantitative estimate of drug-likeness (QED) is 0.687. The average Bonchev–Trinajstić information content (AvgIpc) is 2.44. The number of rotatable bonds is 0. The third-order valence-electron chi connectivity index (χ3n) is 2.23. The topological polar surface area (TPSA) is 44.1 Å². The van der Waals surface area contributed by atoms with E-state index in [1.807, 2.05) is 0 Å². The van der Waals surface area contributed by atoms with Crippen LogP contribution >= 0.6 is 23.2 Å². The predicted octanol–water partition coefficient (Wildman–Crippen LogP) is 3.01. The summed E-state index contributed by atoms with van der Waals surface area (Å²) in [5, 5.41) is 17.9. The van der Waals surface area contributed by atoms with Crippen LogP contribution in [-0.4, -0.2) is 10.8 Å². The van der Waals surface area contributed by atoms with Crippen molar-refractivity contribution < 1.29 is 5.11 Å². The van der Waals surface area contributed by atoms with Crippen LogP contribution in [-0.2, 0) is 6.42 Å². The Balaban J connectivity index is 2.77. The number of fused-ring (bicyclic) bond motifs is 1. The maximum absolute atomic E-state index is 9.58. The predicted molar refractivity (Wildman–Crippen MR) is 53.3 cm³/mol. The molecular weight excluding hydrogens is 209 g/mol. The van der Waals surface area contributed by atoms with Gasteiger partial charge >= 0.3 is 0 Å². The van der Waals surface area contributed by atoms with E-state index in [9.17, 15) is 5.11 Å². The van der Waals surface area contributed by atoms with Gasteiger partial charge in [0.1, 0.15) is 5.75 Å². The van der Waals surface area contributed by atoms with Gasteiger partial charge < -0.3 is 10.5 Å². The summed E-state index contributed by atoms with van der Waals surface area (Å²) in [4.78, 5) is 0. The van der Waals surface area contributed by atoms with E-state index < -0.39 is 0 Å². The molecule has 2 N–H and O–H groups in total. The largest absolute Gasteiger partial charge is 0.506 e. The van der Waals surface area contributed by atoms with Crippen LogP contribution < -0.4 is 0 Å². The Morgan fingerprint density at radius 3 is 2.62 bits per heavy atom. The van der Waals surface area contributed by atoms with Crippen LogP contribution in [0.5, 0.6) is 5.75 Å². The number of hydrogen-bond donors (Lipinski definition) is 2. The van der Waals surface area contributed by atoms with E-state index in [1.165, 1.54) is 6.07 Å². The van der Waals surface area contributed by atoms with Crippen LogP contribution in [0.1, 0.15) is 17.5 Å². The molecule has 4 heteroatoms. The molecule has 0 aliphatic heterocycles. The Labute approximate surface area is 85.6 Å². The number of aromatic hydroxyl groups is 1. The second-order valence-electron chi connectivity index (χ2n) is 3.02. The lowest BCUT2D eigenvalue weighted by molar-refractivity contribution is 0.474. The fourth-order valence-electron chi connectivity index (χ4n) is 1.59. The van der Waals surface area contributed by atoms with Gasteiger partial charge in [0.2, 0.25) is 0 Å². The minimum absolute atomic E-state index is 0.0106. The van der Waals surface area contributed by atoms with Crippen LogP contribution in [0.4, 0.5) is 0 Å². The van der Waals surface area contributed by atoms with Crippen LogP contribution in [0.3, 0.4) is 0 Å². The molecule has 13 heavy (non-hydrogen) atoms. The lowest BCUT2D eigenvalue weighted by Gasteiger charge is -2.06. The van der Waals surface area contributed by atoms with Crippen LogP contribution in [0.25, 0.3) is 0 Å². The van der Waals surface area contributed by atoms with E-state index in [1.54, 1.807) is 0 Å². The van der Waals surface area contributed by atoms with Gasteiger partial charge in [-0.2, -0.15) is 0 Å². The summed E-state index contributed by atoms with van der Waals surface area (Å²) >= 11 is 11.7. The van der Waals surface area contributed by atoms with Gasteiger partial charge in [-0.25, -0.2) is 0 Å². The van der Waals surface area contributed by atoms with Gasteiger partial charge in [0.15, 0.2) is 0 Å². The van der Waals surface area contributed by atoms with Crippen molar-refractivity contribution in [2.24, 2.45) is 0 Å². The Morgan fingerprint density at radius 2 is 1.92 bits per heavy atom. The Morgan fingerprint density at radius 1 is 1.23 bits per heavy atom. The molecule has 1 aliphatic rings. The summed E-state index contributed by atoms with van der Waals surface area (Å²) in [6.45, 7) is 0. The standard InChI is InChI=1S/C9H7Cl2NO/c10-5-3-6(11)9(13)8-4(5)1-2-7(8)12/h3,12-13H,1-2H2. The highest BCUT2D eigenvalue weighted by molar-refractivity contribution is 6.37. The Hall–Kier alpha value is -0.730. The molecule has 0 atom stereocenters. The van der Waals surface area contributed by atoms with E-state index in [-0.39, 0.29) is 10.8 Å². The molecule has 0 amide bonds. The maximum Gasteiger partial charge on any atom is 0.143 e. The Kier molecular flexibility index (Phi) is 1.97. The first-order chi connectivity index (χ1) is 6.11. The lowest BCUT2D eigenvalue weighted by Crippen LogP contribution is -1.93. The van der Waals surface area contributed by atoms with Gasteiger partial charge in [0, 0.05) is 16.3 Å². The van der Waals surface area contributed by atoms with E-state index >= 15 is 0 Å². The number of halogens is 2. The molecule has 2 rings (SSSR count). The number of benzene rings is 1. The van der Waals surface area contributed by atoms with Crippen molar-refractivity contribution in [1.82, 2.24) is 0 Å². The number of hydrogen-bond acceptors (Lipinski definition) is 2. The van der Waals surface area contributed by atoms with Crippen LogP contribution in [0.15, 0.2) is 6.07 Å². The van der Waals surface area contributed by atoms with Crippen molar-refractivity contribution in [3.63, 3.8) is 0 Å². The molecule has 0 spiro atoms. The fourth-order valence-corrected chi connectivity index (χ4v) is 2.15. The SMILES string of the molecule is N=C1CCc2c(Cl)cc(Cl)c(O)c21. The molecule has 2 nitrogen and oxygen atoms in total. The highest BCUT2D eigenvalue weighted by Crippen LogP contribution is 2.39. The normalized spacial score (nSPS) is 14.8. The number of phenolic OH excluding ortho intramolecular Hbond substituents is 1. The van der Waals surface area contributed by atoms with Gasteiger partial charge in [-0.3, -0.25) is 0 Å². The molecule has 0 saturated carbocycles. The first kappa shape index (κ1) is 8.85. The molecule has 0 heterocycles. The molecule has 0 radical (unpaired) electrons. The van der Waals surface area contributed by atoms with Crippen LogP contribution in [0, 0.1) is 5.41 Å². The second-order valence-corrected chi connectivity index (χ2v) is 3.84. The van der Waals surface area contributed by atoms with Gasteiger partial charge in [-0.1, -0.05) is 23.2 Å². The zero-order chi connectivity index (χ0) is 9.59. The second kappa shape index (κ2) is 2.89. The minimum Gasteiger partial charge on any atom is -0.506 e. The maximum atomic E-state index is 9.58. The highest BCUT2D eigenvalue weighted by atomic mass is 35.5. The third-order valence-corrected chi connectivity index (χ3v) is 2.86. The summed E-state index contributed by atoms with van der Waals surface area (Å²) in [6.07, 6.45) is 1.35. The van der Waals surface area contributed by atoms with Crippen molar-refractivity contribution in [3.05, 3.63) is 27.2 Å². The zero-order valence-electron chi connectivity index (χ0n) is 6.69. The summed E-state index contributed by atoms with van der Waals surface area (Å²) in [7, 11) is 0. The summed E-state index contributed by atoms with van der Waals surface area (Å²) in [5.41, 5.74) is 1.78. The highest BCUT2D eigenvalue weighted by Gasteiger charge is 2.24. The fraction of sp³-hybridized carbons (Fsp3) is 0.222. The molecule has 0 bridgehead atoms. The monoisotopic (exact) mass is 215 g/mol. The van der Waals surface area contributed by atoms with Gasteiger partial charge in [0.25, 0.3) is 0 Å². The van der Waals surface area contributed by atoms with Crippen molar-refractivity contribution in [1.29, 1.82) is 5.41 Å². The summed E-state index contributed by atoms with van der Waals surface area (Å²) in [6, 6.07) is 1.52. The lowest BCUT2D eigenvalue weighted by atomic mass is 10.1. The van der Waals surface area contributed by atoms with E-state index in [0.29, 0.717) is 22.7 Å². The van der Waals surface area contributed by atoms with Gasteiger partial charge in [-0.15, -0.1) is 0 Å².